The van der Waals surface area contributed by atoms with E-state index in [4.69, 9.17) is 10.4 Å². The van der Waals surface area contributed by atoms with Gasteiger partial charge in [0.2, 0.25) is 0 Å². The minimum atomic E-state index is -0.381. The van der Waals surface area contributed by atoms with E-state index in [0.717, 1.165) is 5.56 Å². The van der Waals surface area contributed by atoms with Crippen molar-refractivity contribution in [3.63, 3.8) is 0 Å². The zero-order valence-corrected chi connectivity index (χ0v) is 8.10. The molecular weight excluding hydrogens is 195 g/mol. The second-order valence-electron chi connectivity index (χ2n) is 3.69. The highest BCUT2D eigenvalue weighted by atomic mass is 19.1. The van der Waals surface area contributed by atoms with Gasteiger partial charge in [0.05, 0.1) is 12.2 Å². The smallest absolute Gasteiger partial charge is 0.124 e. The summed E-state index contributed by atoms with van der Waals surface area (Å²) >= 11 is 0. The second-order valence-corrected chi connectivity index (χ2v) is 3.69. The van der Waals surface area contributed by atoms with E-state index < -0.39 is 0 Å². The SMILES string of the molecule is N#CC(c1ccc(F)cc1)N1CC(O)C1. The van der Waals surface area contributed by atoms with Crippen LogP contribution in [-0.2, 0) is 0 Å². The molecule has 1 saturated heterocycles. The Labute approximate surface area is 87.4 Å². The number of aliphatic hydroxyl groups excluding tert-OH is 1. The molecule has 3 nitrogen and oxygen atoms in total. The molecule has 0 aliphatic carbocycles. The van der Waals surface area contributed by atoms with Gasteiger partial charge in [-0.05, 0) is 17.7 Å². The fourth-order valence-electron chi connectivity index (χ4n) is 1.71. The van der Waals surface area contributed by atoms with Gasteiger partial charge in [-0.3, -0.25) is 4.90 Å². The van der Waals surface area contributed by atoms with Crippen LogP contribution in [0.25, 0.3) is 0 Å². The number of rotatable bonds is 2. The van der Waals surface area contributed by atoms with E-state index >= 15 is 0 Å². The van der Waals surface area contributed by atoms with E-state index in [1.54, 1.807) is 12.1 Å². The van der Waals surface area contributed by atoms with Gasteiger partial charge in [0, 0.05) is 13.1 Å². The van der Waals surface area contributed by atoms with Gasteiger partial charge in [-0.1, -0.05) is 12.1 Å². The number of nitriles is 1. The Kier molecular flexibility index (Phi) is 2.67. The van der Waals surface area contributed by atoms with Crippen LogP contribution >= 0.6 is 0 Å². The number of nitrogens with zero attached hydrogens (tertiary/aromatic N) is 2. The molecule has 1 heterocycles. The molecule has 0 amide bonds. The molecular formula is C11H11FN2O. The summed E-state index contributed by atoms with van der Waals surface area (Å²) in [7, 11) is 0. The van der Waals surface area contributed by atoms with Gasteiger partial charge in [0.25, 0.3) is 0 Å². The van der Waals surface area contributed by atoms with Gasteiger partial charge in [-0.2, -0.15) is 5.26 Å². The summed E-state index contributed by atoms with van der Waals surface area (Å²) < 4.78 is 12.7. The van der Waals surface area contributed by atoms with Crippen molar-refractivity contribution in [1.29, 1.82) is 5.26 Å². The second kappa shape index (κ2) is 3.97. The topological polar surface area (TPSA) is 47.3 Å². The largest absolute Gasteiger partial charge is 0.390 e. The minimum absolute atomic E-state index is 0.306. The zero-order chi connectivity index (χ0) is 10.8. The Hall–Kier alpha value is -1.44. The van der Waals surface area contributed by atoms with E-state index in [1.807, 2.05) is 4.90 Å². The molecule has 2 rings (SSSR count). The molecule has 1 aromatic rings. The number of hydrogen-bond donors (Lipinski definition) is 1. The number of benzene rings is 1. The maximum absolute atomic E-state index is 12.7. The fraction of sp³-hybridized carbons (Fsp3) is 0.364. The maximum atomic E-state index is 12.7. The molecule has 4 heteroatoms. The highest BCUT2D eigenvalue weighted by Crippen LogP contribution is 2.25. The number of halogens is 1. The first kappa shape index (κ1) is 10.1. The van der Waals surface area contributed by atoms with Crippen LogP contribution in [0.5, 0.6) is 0 Å². The molecule has 1 aromatic carbocycles. The van der Waals surface area contributed by atoms with Gasteiger partial charge in [-0.25, -0.2) is 4.39 Å². The summed E-state index contributed by atoms with van der Waals surface area (Å²) in [6.07, 6.45) is -0.332. The average Bonchev–Trinajstić information content (AvgIpc) is 2.19. The van der Waals surface area contributed by atoms with Crippen LogP contribution in [0.4, 0.5) is 4.39 Å². The van der Waals surface area contributed by atoms with Gasteiger partial charge < -0.3 is 5.11 Å². The van der Waals surface area contributed by atoms with Crippen LogP contribution in [0.1, 0.15) is 11.6 Å². The van der Waals surface area contributed by atoms with Crippen molar-refractivity contribution >= 4 is 0 Å². The van der Waals surface area contributed by atoms with Crippen LogP contribution in [0.2, 0.25) is 0 Å². The average molecular weight is 206 g/mol. The molecule has 1 fully saturated rings. The molecule has 0 bridgehead atoms. The third kappa shape index (κ3) is 1.99. The summed E-state index contributed by atoms with van der Waals surface area (Å²) in [5.41, 5.74) is 0.769. The van der Waals surface area contributed by atoms with Crippen LogP contribution in [0.15, 0.2) is 24.3 Å². The summed E-state index contributed by atoms with van der Waals surface area (Å²) in [5.74, 6) is -0.306. The molecule has 1 unspecified atom stereocenters. The van der Waals surface area contributed by atoms with E-state index in [1.165, 1.54) is 12.1 Å². The van der Waals surface area contributed by atoms with Gasteiger partial charge in [0.1, 0.15) is 11.9 Å². The molecule has 1 atom stereocenters. The molecule has 15 heavy (non-hydrogen) atoms. The van der Waals surface area contributed by atoms with Crippen molar-refractivity contribution in [2.24, 2.45) is 0 Å². The lowest BCUT2D eigenvalue weighted by molar-refractivity contribution is -0.0127. The summed E-state index contributed by atoms with van der Waals surface area (Å²) in [5, 5.41) is 18.1. The monoisotopic (exact) mass is 206 g/mol. The standard InChI is InChI=1S/C11H11FN2O/c12-9-3-1-8(2-4-9)11(5-13)14-6-10(15)7-14/h1-4,10-11,15H,6-7H2. The first-order valence-corrected chi connectivity index (χ1v) is 4.78. The maximum Gasteiger partial charge on any atom is 0.124 e. The Morgan fingerprint density at radius 1 is 1.40 bits per heavy atom. The molecule has 0 aromatic heterocycles. The van der Waals surface area contributed by atoms with E-state index in [-0.39, 0.29) is 18.0 Å². The lowest BCUT2D eigenvalue weighted by Crippen LogP contribution is -2.51. The molecule has 0 spiro atoms. The molecule has 1 aliphatic heterocycles. The van der Waals surface area contributed by atoms with E-state index in [0.29, 0.717) is 13.1 Å². The normalized spacial score (nSPS) is 19.3. The number of β-amino-alcohol motifs (C(OH)–C–C–N with tert-alkyl or cyclic N) is 1. The predicted octanol–water partition coefficient (Wildman–Crippen LogP) is 1.07. The Morgan fingerprint density at radius 2 is 2.00 bits per heavy atom. The Balaban J connectivity index is 2.14. The summed E-state index contributed by atoms with van der Waals surface area (Å²) in [6, 6.07) is 7.67. The summed E-state index contributed by atoms with van der Waals surface area (Å²) in [4.78, 5) is 1.86. The van der Waals surface area contributed by atoms with Crippen molar-refractivity contribution in [2.75, 3.05) is 13.1 Å². The van der Waals surface area contributed by atoms with Gasteiger partial charge >= 0.3 is 0 Å². The first-order valence-electron chi connectivity index (χ1n) is 4.78. The lowest BCUT2D eigenvalue weighted by Gasteiger charge is -2.38. The van der Waals surface area contributed by atoms with Crippen molar-refractivity contribution in [1.82, 2.24) is 4.90 Å². The van der Waals surface area contributed by atoms with Crippen LogP contribution in [0.3, 0.4) is 0 Å². The molecule has 1 N–H and O–H groups in total. The molecule has 0 saturated carbocycles. The van der Waals surface area contributed by atoms with Gasteiger partial charge in [0.15, 0.2) is 0 Å². The Morgan fingerprint density at radius 3 is 2.47 bits per heavy atom. The van der Waals surface area contributed by atoms with Crippen molar-refractivity contribution in [3.05, 3.63) is 35.6 Å². The third-order valence-corrected chi connectivity index (χ3v) is 2.56. The highest BCUT2D eigenvalue weighted by molar-refractivity contribution is 5.25. The van der Waals surface area contributed by atoms with Gasteiger partial charge in [-0.15, -0.1) is 0 Å². The molecule has 0 radical (unpaired) electrons. The van der Waals surface area contributed by atoms with Crippen molar-refractivity contribution in [2.45, 2.75) is 12.1 Å². The lowest BCUT2D eigenvalue weighted by atomic mass is 10.0. The van der Waals surface area contributed by atoms with E-state index in [2.05, 4.69) is 6.07 Å². The van der Waals surface area contributed by atoms with Crippen molar-refractivity contribution < 1.29 is 9.50 Å². The van der Waals surface area contributed by atoms with Crippen LogP contribution in [0, 0.1) is 17.1 Å². The number of hydrogen-bond acceptors (Lipinski definition) is 3. The molecule has 78 valence electrons. The van der Waals surface area contributed by atoms with Crippen molar-refractivity contribution in [3.8, 4) is 6.07 Å². The minimum Gasteiger partial charge on any atom is -0.390 e. The van der Waals surface area contributed by atoms with Crippen LogP contribution < -0.4 is 0 Å². The fourth-order valence-corrected chi connectivity index (χ4v) is 1.71. The van der Waals surface area contributed by atoms with Crippen LogP contribution in [-0.4, -0.2) is 29.2 Å². The number of likely N-dealkylation sites (tertiary alicyclic amines) is 1. The quantitative estimate of drug-likeness (QED) is 0.787. The third-order valence-electron chi connectivity index (χ3n) is 2.56. The summed E-state index contributed by atoms with van der Waals surface area (Å²) in [6.45, 7) is 1.02. The molecule has 1 aliphatic rings. The highest BCUT2D eigenvalue weighted by Gasteiger charge is 2.31. The Bertz CT molecular complexity index is 379. The van der Waals surface area contributed by atoms with E-state index in [9.17, 15) is 4.39 Å². The number of aliphatic hydroxyl groups is 1. The zero-order valence-electron chi connectivity index (χ0n) is 8.10. The predicted molar refractivity (Wildman–Crippen MR) is 52.3 cm³/mol. The first-order chi connectivity index (χ1) is 7.20.